The molecule has 0 saturated carbocycles. The second-order valence-electron chi connectivity index (χ2n) is 8.66. The third-order valence-electron chi connectivity index (χ3n) is 5.37. The molecule has 1 atom stereocenters. The van der Waals surface area contributed by atoms with E-state index in [0.717, 1.165) is 34.3 Å². The molecule has 1 amide bonds. The predicted octanol–water partition coefficient (Wildman–Crippen LogP) is 4.82. The lowest BCUT2D eigenvalue weighted by Crippen LogP contribution is -2.35. The second kappa shape index (κ2) is 7.47. The number of amides is 1. The van der Waals surface area contributed by atoms with Crippen molar-refractivity contribution in [2.75, 3.05) is 18.8 Å². The molecule has 1 saturated heterocycles. The SMILES string of the molecule is Cc1c(-c2ccc(Cl)cc2)c2c(N)ncnc2n1C1CCN(C(=O)OC(C)(C)C)C1. The van der Waals surface area contributed by atoms with Crippen LogP contribution in [0.3, 0.4) is 0 Å². The van der Waals surface area contributed by atoms with E-state index in [-0.39, 0.29) is 12.1 Å². The van der Waals surface area contributed by atoms with Crippen LogP contribution in [0.25, 0.3) is 22.2 Å². The molecule has 2 N–H and O–H groups in total. The number of ether oxygens (including phenoxy) is 1. The van der Waals surface area contributed by atoms with Crippen LogP contribution in [0.2, 0.25) is 5.02 Å². The lowest BCUT2D eigenvalue weighted by Gasteiger charge is -2.24. The molecule has 1 aliphatic heterocycles. The van der Waals surface area contributed by atoms with Crippen molar-refractivity contribution < 1.29 is 9.53 Å². The number of hydrogen-bond acceptors (Lipinski definition) is 5. The summed E-state index contributed by atoms with van der Waals surface area (Å²) < 4.78 is 7.73. The number of carbonyl (C=O) groups excluding carboxylic acids is 1. The number of nitrogens with two attached hydrogens (primary N) is 1. The Bertz CT molecular complexity index is 1100. The van der Waals surface area contributed by atoms with Gasteiger partial charge in [0.1, 0.15) is 23.4 Å². The highest BCUT2D eigenvalue weighted by Crippen LogP contribution is 2.40. The third kappa shape index (κ3) is 3.69. The maximum atomic E-state index is 12.5. The number of likely N-dealkylation sites (tertiary alicyclic amines) is 1. The van der Waals surface area contributed by atoms with Crippen LogP contribution in [0.4, 0.5) is 10.6 Å². The lowest BCUT2D eigenvalue weighted by atomic mass is 10.0. The Labute approximate surface area is 180 Å². The molecule has 3 heterocycles. The summed E-state index contributed by atoms with van der Waals surface area (Å²) in [4.78, 5) is 23.1. The van der Waals surface area contributed by atoms with Crippen LogP contribution in [-0.4, -0.2) is 44.2 Å². The summed E-state index contributed by atoms with van der Waals surface area (Å²) in [6.07, 6.45) is 2.01. The van der Waals surface area contributed by atoms with Crippen molar-refractivity contribution in [3.63, 3.8) is 0 Å². The van der Waals surface area contributed by atoms with Crippen LogP contribution in [0, 0.1) is 6.92 Å². The van der Waals surface area contributed by atoms with Crippen LogP contribution >= 0.6 is 11.6 Å². The summed E-state index contributed by atoms with van der Waals surface area (Å²) in [6.45, 7) is 8.88. The number of rotatable bonds is 2. The van der Waals surface area contributed by atoms with E-state index in [4.69, 9.17) is 22.1 Å². The van der Waals surface area contributed by atoms with Crippen LogP contribution in [0.5, 0.6) is 0 Å². The quantitative estimate of drug-likeness (QED) is 0.633. The van der Waals surface area contributed by atoms with Gasteiger partial charge in [-0.05, 0) is 51.8 Å². The summed E-state index contributed by atoms with van der Waals surface area (Å²) in [5.74, 6) is 0.439. The Morgan fingerprint density at radius 1 is 1.23 bits per heavy atom. The molecule has 0 spiro atoms. The van der Waals surface area contributed by atoms with E-state index in [1.807, 2.05) is 45.0 Å². The van der Waals surface area contributed by atoms with E-state index in [1.165, 1.54) is 6.33 Å². The van der Waals surface area contributed by atoms with Crippen molar-refractivity contribution in [3.05, 3.63) is 41.3 Å². The first-order chi connectivity index (χ1) is 14.2. The third-order valence-corrected chi connectivity index (χ3v) is 5.62. The maximum absolute atomic E-state index is 12.5. The van der Waals surface area contributed by atoms with Crippen molar-refractivity contribution in [1.82, 2.24) is 19.4 Å². The first-order valence-electron chi connectivity index (χ1n) is 10.0. The van der Waals surface area contributed by atoms with E-state index in [2.05, 4.69) is 21.5 Å². The molecule has 158 valence electrons. The highest BCUT2D eigenvalue weighted by atomic mass is 35.5. The number of benzene rings is 1. The Morgan fingerprint density at radius 3 is 2.60 bits per heavy atom. The van der Waals surface area contributed by atoms with E-state index in [9.17, 15) is 4.79 Å². The summed E-state index contributed by atoms with van der Waals surface area (Å²) in [6, 6.07) is 7.75. The van der Waals surface area contributed by atoms with Gasteiger partial charge in [-0.25, -0.2) is 14.8 Å². The van der Waals surface area contributed by atoms with Gasteiger partial charge in [-0.2, -0.15) is 0 Å². The van der Waals surface area contributed by atoms with Gasteiger partial charge >= 0.3 is 6.09 Å². The van der Waals surface area contributed by atoms with Gasteiger partial charge in [0.2, 0.25) is 0 Å². The number of aromatic nitrogens is 3. The monoisotopic (exact) mass is 427 g/mol. The molecule has 0 radical (unpaired) electrons. The fourth-order valence-corrected chi connectivity index (χ4v) is 4.26. The number of anilines is 1. The van der Waals surface area contributed by atoms with Gasteiger partial charge in [-0.3, -0.25) is 0 Å². The number of hydrogen-bond donors (Lipinski definition) is 1. The highest BCUT2D eigenvalue weighted by Gasteiger charge is 2.33. The van der Waals surface area contributed by atoms with Crippen molar-refractivity contribution >= 4 is 34.5 Å². The average Bonchev–Trinajstić information content (AvgIpc) is 3.24. The van der Waals surface area contributed by atoms with Gasteiger partial charge in [-0.1, -0.05) is 23.7 Å². The molecular formula is C22H26ClN5O2. The number of fused-ring (bicyclic) bond motifs is 1. The molecule has 7 nitrogen and oxygen atoms in total. The smallest absolute Gasteiger partial charge is 0.410 e. The minimum Gasteiger partial charge on any atom is -0.444 e. The molecule has 1 aliphatic rings. The molecule has 1 unspecified atom stereocenters. The van der Waals surface area contributed by atoms with Crippen molar-refractivity contribution in [1.29, 1.82) is 0 Å². The summed E-state index contributed by atoms with van der Waals surface area (Å²) in [7, 11) is 0. The molecule has 0 bridgehead atoms. The average molecular weight is 428 g/mol. The largest absolute Gasteiger partial charge is 0.444 e. The summed E-state index contributed by atoms with van der Waals surface area (Å²) in [5.41, 5.74) is 9.57. The molecule has 4 rings (SSSR count). The number of carbonyl (C=O) groups is 1. The van der Waals surface area contributed by atoms with E-state index in [0.29, 0.717) is 23.9 Å². The van der Waals surface area contributed by atoms with E-state index < -0.39 is 5.60 Å². The first-order valence-corrected chi connectivity index (χ1v) is 10.4. The Hall–Kier alpha value is -2.80. The topological polar surface area (TPSA) is 86.3 Å². The van der Waals surface area contributed by atoms with Gasteiger partial charge in [0.05, 0.1) is 11.4 Å². The van der Waals surface area contributed by atoms with Gasteiger partial charge in [0, 0.05) is 29.4 Å². The zero-order valence-corrected chi connectivity index (χ0v) is 18.4. The van der Waals surface area contributed by atoms with Crippen LogP contribution < -0.4 is 5.73 Å². The molecule has 0 aliphatic carbocycles. The Balaban J connectivity index is 1.76. The zero-order valence-electron chi connectivity index (χ0n) is 17.6. The standard InChI is InChI=1S/C22H26ClN5O2/c1-13-17(14-5-7-15(23)8-6-14)18-19(24)25-12-26-20(18)28(13)16-9-10-27(11-16)21(29)30-22(2,3)4/h5-8,12,16H,9-11H2,1-4H3,(H2,24,25,26). The number of nitrogen functional groups attached to an aromatic ring is 1. The minimum atomic E-state index is -0.519. The zero-order chi connectivity index (χ0) is 21.6. The second-order valence-corrected chi connectivity index (χ2v) is 9.10. The maximum Gasteiger partial charge on any atom is 0.410 e. The fourth-order valence-electron chi connectivity index (χ4n) is 4.13. The number of nitrogens with zero attached hydrogens (tertiary/aromatic N) is 4. The van der Waals surface area contributed by atoms with Crippen molar-refractivity contribution in [2.24, 2.45) is 0 Å². The van der Waals surface area contributed by atoms with E-state index >= 15 is 0 Å². The van der Waals surface area contributed by atoms with Crippen LogP contribution in [-0.2, 0) is 4.74 Å². The lowest BCUT2D eigenvalue weighted by molar-refractivity contribution is 0.0289. The normalized spacial score (nSPS) is 17.0. The van der Waals surface area contributed by atoms with Crippen molar-refractivity contribution in [3.8, 4) is 11.1 Å². The minimum absolute atomic E-state index is 0.0790. The van der Waals surface area contributed by atoms with E-state index in [1.54, 1.807) is 4.90 Å². The van der Waals surface area contributed by atoms with Crippen LogP contribution in [0.1, 0.15) is 38.9 Å². The fraction of sp³-hybridized carbons (Fsp3) is 0.409. The summed E-state index contributed by atoms with van der Waals surface area (Å²) >= 11 is 6.08. The molecule has 1 fully saturated rings. The van der Waals surface area contributed by atoms with Crippen molar-refractivity contribution in [2.45, 2.75) is 45.8 Å². The molecule has 1 aromatic carbocycles. The molecule has 8 heteroatoms. The van der Waals surface area contributed by atoms with Gasteiger partial charge in [-0.15, -0.1) is 0 Å². The Kier molecular flexibility index (Phi) is 5.10. The molecule has 30 heavy (non-hydrogen) atoms. The molecule has 3 aromatic rings. The predicted molar refractivity (Wildman–Crippen MR) is 119 cm³/mol. The van der Waals surface area contributed by atoms with Crippen LogP contribution in [0.15, 0.2) is 30.6 Å². The van der Waals surface area contributed by atoms with Gasteiger partial charge in [0.15, 0.2) is 0 Å². The molecule has 2 aromatic heterocycles. The first kappa shape index (κ1) is 20.5. The Morgan fingerprint density at radius 2 is 1.93 bits per heavy atom. The highest BCUT2D eigenvalue weighted by molar-refractivity contribution is 6.30. The van der Waals surface area contributed by atoms with Gasteiger partial charge < -0.3 is 19.9 Å². The summed E-state index contributed by atoms with van der Waals surface area (Å²) in [5, 5.41) is 1.50. The number of halogens is 1. The van der Waals surface area contributed by atoms with Gasteiger partial charge in [0.25, 0.3) is 0 Å². The molecular weight excluding hydrogens is 402 g/mol.